The minimum absolute atomic E-state index is 0.276. The first-order valence-corrected chi connectivity index (χ1v) is 6.67. The number of hydrogen-bond acceptors (Lipinski definition) is 3. The third kappa shape index (κ3) is 2.61. The Morgan fingerprint density at radius 2 is 1.93 bits per heavy atom. The molecule has 1 rings (SSSR count). The van der Waals surface area contributed by atoms with Crippen LogP contribution in [0.3, 0.4) is 0 Å². The smallest absolute Gasteiger partial charge is 0.242 e. The SMILES string of the molecule is COc1ccc(S(=O)(=O)N(C)C)cc1I. The Hall–Kier alpha value is -0.340. The van der Waals surface area contributed by atoms with Gasteiger partial charge in [0.1, 0.15) is 5.75 Å². The lowest BCUT2D eigenvalue weighted by atomic mass is 10.3. The van der Waals surface area contributed by atoms with E-state index < -0.39 is 10.0 Å². The number of rotatable bonds is 3. The molecule has 0 bridgehead atoms. The number of ether oxygens (including phenoxy) is 1. The summed E-state index contributed by atoms with van der Waals surface area (Å²) >= 11 is 2.04. The molecule has 0 aliphatic rings. The molecule has 0 aliphatic heterocycles. The zero-order valence-electron chi connectivity index (χ0n) is 8.69. The van der Waals surface area contributed by atoms with Crippen molar-refractivity contribution < 1.29 is 13.2 Å². The van der Waals surface area contributed by atoms with Crippen molar-refractivity contribution in [3.8, 4) is 5.75 Å². The standard InChI is InChI=1S/C9H12INO3S/c1-11(2)15(12,13)7-4-5-9(14-3)8(10)6-7/h4-6H,1-3H3. The first kappa shape index (κ1) is 12.7. The van der Waals surface area contributed by atoms with Gasteiger partial charge in [-0.1, -0.05) is 0 Å². The van der Waals surface area contributed by atoms with E-state index in [1.165, 1.54) is 24.5 Å². The van der Waals surface area contributed by atoms with Crippen molar-refractivity contribution >= 4 is 32.6 Å². The molecule has 1 aromatic rings. The number of methoxy groups -OCH3 is 1. The summed E-state index contributed by atoms with van der Waals surface area (Å²) in [5.41, 5.74) is 0. The molecular formula is C9H12INO3S. The fourth-order valence-electron chi connectivity index (χ4n) is 1.02. The van der Waals surface area contributed by atoms with Crippen molar-refractivity contribution in [1.82, 2.24) is 4.31 Å². The van der Waals surface area contributed by atoms with Crippen molar-refractivity contribution in [2.75, 3.05) is 21.2 Å². The number of nitrogens with zero attached hydrogens (tertiary/aromatic N) is 1. The van der Waals surface area contributed by atoms with Gasteiger partial charge in [-0.25, -0.2) is 12.7 Å². The highest BCUT2D eigenvalue weighted by molar-refractivity contribution is 14.1. The van der Waals surface area contributed by atoms with Gasteiger partial charge in [-0.3, -0.25) is 0 Å². The maximum atomic E-state index is 11.8. The highest BCUT2D eigenvalue weighted by atomic mass is 127. The molecular weight excluding hydrogens is 329 g/mol. The molecule has 0 unspecified atom stereocenters. The van der Waals surface area contributed by atoms with Gasteiger partial charge in [0.05, 0.1) is 15.6 Å². The first-order valence-electron chi connectivity index (χ1n) is 4.15. The van der Waals surface area contributed by atoms with Crippen LogP contribution in [0.5, 0.6) is 5.75 Å². The highest BCUT2D eigenvalue weighted by Crippen LogP contribution is 2.24. The molecule has 0 heterocycles. The van der Waals surface area contributed by atoms with Crippen LogP contribution in [0.25, 0.3) is 0 Å². The summed E-state index contributed by atoms with van der Waals surface area (Å²) in [6.45, 7) is 0. The fraction of sp³-hybridized carbons (Fsp3) is 0.333. The molecule has 0 radical (unpaired) electrons. The third-order valence-electron chi connectivity index (χ3n) is 1.90. The van der Waals surface area contributed by atoms with E-state index in [2.05, 4.69) is 0 Å². The molecule has 0 spiro atoms. The van der Waals surface area contributed by atoms with Gasteiger partial charge in [-0.15, -0.1) is 0 Å². The van der Waals surface area contributed by atoms with Gasteiger partial charge in [0.2, 0.25) is 10.0 Å². The summed E-state index contributed by atoms with van der Waals surface area (Å²) in [4.78, 5) is 0.276. The van der Waals surface area contributed by atoms with Crippen LogP contribution in [0.2, 0.25) is 0 Å². The van der Waals surface area contributed by atoms with Crippen molar-refractivity contribution in [2.24, 2.45) is 0 Å². The molecule has 84 valence electrons. The average Bonchev–Trinajstić information content (AvgIpc) is 2.17. The molecule has 15 heavy (non-hydrogen) atoms. The predicted molar refractivity (Wildman–Crippen MR) is 66.6 cm³/mol. The molecule has 0 saturated carbocycles. The number of hydrogen-bond donors (Lipinski definition) is 0. The summed E-state index contributed by atoms with van der Waals surface area (Å²) in [5, 5.41) is 0. The second-order valence-corrected chi connectivity index (χ2v) is 6.40. The molecule has 0 atom stereocenters. The summed E-state index contributed by atoms with van der Waals surface area (Å²) in [7, 11) is 1.21. The van der Waals surface area contributed by atoms with Crippen molar-refractivity contribution in [3.05, 3.63) is 21.8 Å². The highest BCUT2D eigenvalue weighted by Gasteiger charge is 2.18. The van der Waals surface area contributed by atoms with E-state index >= 15 is 0 Å². The predicted octanol–water partition coefficient (Wildman–Crippen LogP) is 1.55. The van der Waals surface area contributed by atoms with Crippen LogP contribution in [-0.4, -0.2) is 33.9 Å². The van der Waals surface area contributed by atoms with Crippen LogP contribution in [0.15, 0.2) is 23.1 Å². The van der Waals surface area contributed by atoms with Crippen LogP contribution in [0.1, 0.15) is 0 Å². The molecule has 0 aromatic heterocycles. The molecule has 0 aliphatic carbocycles. The maximum Gasteiger partial charge on any atom is 0.242 e. The van der Waals surface area contributed by atoms with Crippen LogP contribution >= 0.6 is 22.6 Å². The van der Waals surface area contributed by atoms with Gasteiger partial charge in [-0.2, -0.15) is 0 Å². The zero-order valence-corrected chi connectivity index (χ0v) is 11.7. The van der Waals surface area contributed by atoms with Gasteiger partial charge < -0.3 is 4.74 Å². The Labute approximate surface area is 103 Å². The number of halogens is 1. The van der Waals surface area contributed by atoms with Gasteiger partial charge in [-0.05, 0) is 40.8 Å². The third-order valence-corrected chi connectivity index (χ3v) is 4.56. The van der Waals surface area contributed by atoms with Gasteiger partial charge in [0.25, 0.3) is 0 Å². The van der Waals surface area contributed by atoms with E-state index in [4.69, 9.17) is 4.74 Å². The van der Waals surface area contributed by atoms with Gasteiger partial charge in [0, 0.05) is 14.1 Å². The molecule has 1 aromatic carbocycles. The zero-order chi connectivity index (χ0) is 11.6. The molecule has 0 saturated heterocycles. The summed E-state index contributed by atoms with van der Waals surface area (Å²) in [6, 6.07) is 4.78. The lowest BCUT2D eigenvalue weighted by Gasteiger charge is -2.12. The van der Waals surface area contributed by atoms with E-state index in [1.54, 1.807) is 19.2 Å². The number of benzene rings is 1. The van der Waals surface area contributed by atoms with E-state index in [1.807, 2.05) is 22.6 Å². The minimum Gasteiger partial charge on any atom is -0.496 e. The van der Waals surface area contributed by atoms with Gasteiger partial charge >= 0.3 is 0 Å². The Kier molecular flexibility index (Phi) is 3.96. The Balaban J connectivity index is 3.25. The van der Waals surface area contributed by atoms with Crippen LogP contribution in [-0.2, 0) is 10.0 Å². The second kappa shape index (κ2) is 4.67. The van der Waals surface area contributed by atoms with E-state index in [9.17, 15) is 8.42 Å². The molecule has 0 amide bonds. The van der Waals surface area contributed by atoms with Crippen LogP contribution in [0, 0.1) is 3.57 Å². The van der Waals surface area contributed by atoms with Crippen molar-refractivity contribution in [2.45, 2.75) is 4.90 Å². The Morgan fingerprint density at radius 3 is 2.33 bits per heavy atom. The normalized spacial score (nSPS) is 11.8. The summed E-state index contributed by atoms with van der Waals surface area (Å²) in [5.74, 6) is 0.674. The van der Waals surface area contributed by atoms with E-state index in [-0.39, 0.29) is 4.90 Å². The molecule has 4 nitrogen and oxygen atoms in total. The van der Waals surface area contributed by atoms with E-state index in [0.29, 0.717) is 5.75 Å². The van der Waals surface area contributed by atoms with E-state index in [0.717, 1.165) is 3.57 Å². The summed E-state index contributed by atoms with van der Waals surface area (Å²) in [6.07, 6.45) is 0. The Bertz CT molecular complexity index is 456. The second-order valence-electron chi connectivity index (χ2n) is 3.08. The topological polar surface area (TPSA) is 46.6 Å². The van der Waals surface area contributed by atoms with Crippen LogP contribution < -0.4 is 4.74 Å². The largest absolute Gasteiger partial charge is 0.496 e. The molecule has 0 fully saturated rings. The van der Waals surface area contributed by atoms with Crippen molar-refractivity contribution in [3.63, 3.8) is 0 Å². The lowest BCUT2D eigenvalue weighted by Crippen LogP contribution is -2.22. The fourth-order valence-corrected chi connectivity index (χ4v) is 2.89. The lowest BCUT2D eigenvalue weighted by molar-refractivity contribution is 0.411. The summed E-state index contributed by atoms with van der Waals surface area (Å²) < 4.78 is 30.5. The van der Waals surface area contributed by atoms with Crippen LogP contribution in [0.4, 0.5) is 0 Å². The number of sulfonamides is 1. The van der Waals surface area contributed by atoms with Crippen molar-refractivity contribution in [1.29, 1.82) is 0 Å². The first-order chi connectivity index (χ1) is 6.89. The molecule has 0 N–H and O–H groups in total. The Morgan fingerprint density at radius 1 is 1.33 bits per heavy atom. The molecule has 6 heteroatoms. The average molecular weight is 341 g/mol. The monoisotopic (exact) mass is 341 g/mol. The minimum atomic E-state index is -3.35. The van der Waals surface area contributed by atoms with Gasteiger partial charge in [0.15, 0.2) is 0 Å². The maximum absolute atomic E-state index is 11.8. The quantitative estimate of drug-likeness (QED) is 0.784.